The predicted octanol–water partition coefficient (Wildman–Crippen LogP) is 1.47. The second-order valence-electron chi connectivity index (χ2n) is 6.04. The second kappa shape index (κ2) is 7.14. The van der Waals surface area contributed by atoms with Gasteiger partial charge in [0.2, 0.25) is 5.82 Å². The summed E-state index contributed by atoms with van der Waals surface area (Å²) in [5.74, 6) is 0.466. The van der Waals surface area contributed by atoms with Crippen LogP contribution in [0, 0.1) is 0 Å². The minimum Gasteiger partial charge on any atom is -0.464 e. The number of piperidine rings is 1. The molecular weight excluding hydrogens is 312 g/mol. The number of hydrogen-bond donors (Lipinski definition) is 0. The van der Waals surface area contributed by atoms with Crippen molar-refractivity contribution in [2.24, 2.45) is 7.05 Å². The predicted molar refractivity (Wildman–Crippen MR) is 85.4 cm³/mol. The van der Waals surface area contributed by atoms with Crippen LogP contribution < -0.4 is 0 Å². The maximum Gasteiger partial charge on any atom is 0.354 e. The molecule has 0 spiro atoms. The van der Waals surface area contributed by atoms with Gasteiger partial charge in [-0.15, -0.1) is 0 Å². The molecular formula is C16H22N4O4. The Bertz CT molecular complexity index is 701. The zero-order valence-electron chi connectivity index (χ0n) is 14.2. The number of likely N-dealkylation sites (tertiary alicyclic amines) is 1. The Balaban J connectivity index is 1.62. The first-order valence-corrected chi connectivity index (χ1v) is 7.94. The molecule has 2 aromatic rings. The lowest BCUT2D eigenvalue weighted by molar-refractivity contribution is -0.00830. The van der Waals surface area contributed by atoms with Gasteiger partial charge in [-0.1, -0.05) is 5.16 Å². The minimum atomic E-state index is -0.405. The number of rotatable bonds is 5. The van der Waals surface area contributed by atoms with Crippen LogP contribution in [0.2, 0.25) is 0 Å². The van der Waals surface area contributed by atoms with Gasteiger partial charge in [-0.3, -0.25) is 0 Å². The number of methoxy groups -OCH3 is 1. The average molecular weight is 334 g/mol. The molecule has 0 radical (unpaired) electrons. The first-order chi connectivity index (χ1) is 11.6. The lowest BCUT2D eigenvalue weighted by Gasteiger charge is -2.28. The van der Waals surface area contributed by atoms with E-state index in [9.17, 15) is 4.79 Å². The summed E-state index contributed by atoms with van der Waals surface area (Å²) in [6.45, 7) is 2.39. The van der Waals surface area contributed by atoms with E-state index in [4.69, 9.17) is 14.0 Å². The average Bonchev–Trinajstić information content (AvgIpc) is 3.20. The standard InChI is InChI=1S/C16H22N4O4/c1-19-6-4-12(5-7-19)23-10-14-17-15(18-24-14)11-8-13(16(21)22-3)20(2)9-11/h8-9,12H,4-7,10H2,1-3H3. The van der Waals surface area contributed by atoms with Gasteiger partial charge in [0.1, 0.15) is 12.3 Å². The van der Waals surface area contributed by atoms with Gasteiger partial charge >= 0.3 is 5.97 Å². The van der Waals surface area contributed by atoms with Crippen LogP contribution in [0.4, 0.5) is 0 Å². The second-order valence-corrected chi connectivity index (χ2v) is 6.04. The van der Waals surface area contributed by atoms with E-state index in [2.05, 4.69) is 22.1 Å². The van der Waals surface area contributed by atoms with Crippen molar-refractivity contribution in [3.8, 4) is 11.4 Å². The molecule has 1 aliphatic rings. The molecule has 1 saturated heterocycles. The molecule has 0 aliphatic carbocycles. The largest absolute Gasteiger partial charge is 0.464 e. The number of aromatic nitrogens is 3. The van der Waals surface area contributed by atoms with Gasteiger partial charge in [-0.2, -0.15) is 4.98 Å². The van der Waals surface area contributed by atoms with Crippen LogP contribution in [0.5, 0.6) is 0 Å². The molecule has 0 aromatic carbocycles. The molecule has 130 valence electrons. The van der Waals surface area contributed by atoms with Crippen molar-refractivity contribution >= 4 is 5.97 Å². The third kappa shape index (κ3) is 3.65. The number of aryl methyl sites for hydroxylation is 1. The van der Waals surface area contributed by atoms with Crippen LogP contribution in [0.3, 0.4) is 0 Å². The summed E-state index contributed by atoms with van der Waals surface area (Å²) >= 11 is 0. The molecule has 8 heteroatoms. The summed E-state index contributed by atoms with van der Waals surface area (Å²) in [4.78, 5) is 18.3. The molecule has 1 fully saturated rings. The van der Waals surface area contributed by atoms with E-state index >= 15 is 0 Å². The Labute approximate surface area is 140 Å². The number of carbonyl (C=O) groups is 1. The van der Waals surface area contributed by atoms with E-state index < -0.39 is 5.97 Å². The van der Waals surface area contributed by atoms with Crippen molar-refractivity contribution in [2.45, 2.75) is 25.6 Å². The fourth-order valence-corrected chi connectivity index (χ4v) is 2.77. The van der Waals surface area contributed by atoms with Crippen molar-refractivity contribution in [1.29, 1.82) is 0 Å². The molecule has 3 rings (SSSR count). The first kappa shape index (κ1) is 16.7. The van der Waals surface area contributed by atoms with E-state index in [-0.39, 0.29) is 6.10 Å². The van der Waals surface area contributed by atoms with Crippen molar-refractivity contribution in [3.63, 3.8) is 0 Å². The van der Waals surface area contributed by atoms with Gasteiger partial charge in [0.15, 0.2) is 0 Å². The van der Waals surface area contributed by atoms with Crippen LogP contribution in [0.1, 0.15) is 29.2 Å². The Kier molecular flexibility index (Phi) is 4.96. The molecule has 0 amide bonds. The summed E-state index contributed by atoms with van der Waals surface area (Å²) < 4.78 is 17.5. The zero-order chi connectivity index (χ0) is 17.1. The summed E-state index contributed by atoms with van der Waals surface area (Å²) in [6.07, 6.45) is 4.02. The number of carbonyl (C=O) groups excluding carboxylic acids is 1. The fraction of sp³-hybridized carbons (Fsp3) is 0.562. The Morgan fingerprint density at radius 2 is 2.12 bits per heavy atom. The van der Waals surface area contributed by atoms with Crippen molar-refractivity contribution in [3.05, 3.63) is 23.8 Å². The lowest BCUT2D eigenvalue weighted by Crippen LogP contribution is -2.34. The summed E-state index contributed by atoms with van der Waals surface area (Å²) in [5.41, 5.74) is 1.13. The van der Waals surface area contributed by atoms with Crippen molar-refractivity contribution in [2.75, 3.05) is 27.2 Å². The maximum absolute atomic E-state index is 11.7. The van der Waals surface area contributed by atoms with E-state index in [1.807, 2.05) is 0 Å². The van der Waals surface area contributed by atoms with Gasteiger partial charge in [-0.05, 0) is 26.0 Å². The van der Waals surface area contributed by atoms with E-state index in [0.29, 0.717) is 29.6 Å². The molecule has 0 unspecified atom stereocenters. The first-order valence-electron chi connectivity index (χ1n) is 7.94. The van der Waals surface area contributed by atoms with E-state index in [1.54, 1.807) is 23.9 Å². The normalized spacial score (nSPS) is 16.5. The van der Waals surface area contributed by atoms with E-state index in [0.717, 1.165) is 25.9 Å². The lowest BCUT2D eigenvalue weighted by atomic mass is 10.1. The highest BCUT2D eigenvalue weighted by Gasteiger charge is 2.19. The minimum absolute atomic E-state index is 0.235. The van der Waals surface area contributed by atoms with Crippen molar-refractivity contribution in [1.82, 2.24) is 19.6 Å². The number of ether oxygens (including phenoxy) is 2. The molecule has 24 heavy (non-hydrogen) atoms. The maximum atomic E-state index is 11.7. The van der Waals surface area contributed by atoms with Crippen LogP contribution in [-0.4, -0.2) is 58.9 Å². The summed E-state index contributed by atoms with van der Waals surface area (Å²) in [6, 6.07) is 1.68. The molecule has 3 heterocycles. The topological polar surface area (TPSA) is 82.6 Å². The third-order valence-corrected chi connectivity index (χ3v) is 4.23. The Morgan fingerprint density at radius 1 is 1.38 bits per heavy atom. The highest BCUT2D eigenvalue weighted by atomic mass is 16.5. The molecule has 0 bridgehead atoms. The molecule has 2 aromatic heterocycles. The zero-order valence-corrected chi connectivity index (χ0v) is 14.2. The van der Waals surface area contributed by atoms with Crippen LogP contribution in [-0.2, 0) is 23.1 Å². The highest BCUT2D eigenvalue weighted by Crippen LogP contribution is 2.20. The molecule has 0 N–H and O–H groups in total. The van der Waals surface area contributed by atoms with Gasteiger partial charge in [0.25, 0.3) is 5.89 Å². The quantitative estimate of drug-likeness (QED) is 0.766. The van der Waals surface area contributed by atoms with Gasteiger partial charge in [-0.25, -0.2) is 4.79 Å². The summed E-state index contributed by atoms with van der Waals surface area (Å²) in [5, 5.41) is 3.96. The Hall–Kier alpha value is -2.19. The number of esters is 1. The number of nitrogens with zero attached hydrogens (tertiary/aromatic N) is 4. The molecule has 0 saturated carbocycles. The fourth-order valence-electron chi connectivity index (χ4n) is 2.77. The number of hydrogen-bond acceptors (Lipinski definition) is 7. The van der Waals surface area contributed by atoms with Crippen LogP contribution in [0.15, 0.2) is 16.8 Å². The smallest absolute Gasteiger partial charge is 0.354 e. The van der Waals surface area contributed by atoms with Gasteiger partial charge < -0.3 is 23.5 Å². The van der Waals surface area contributed by atoms with E-state index in [1.165, 1.54) is 7.11 Å². The van der Waals surface area contributed by atoms with Gasteiger partial charge in [0.05, 0.1) is 13.2 Å². The van der Waals surface area contributed by atoms with Gasteiger partial charge in [0, 0.05) is 31.9 Å². The van der Waals surface area contributed by atoms with Crippen LogP contribution in [0.25, 0.3) is 11.4 Å². The van der Waals surface area contributed by atoms with Crippen molar-refractivity contribution < 1.29 is 18.8 Å². The molecule has 8 nitrogen and oxygen atoms in total. The van der Waals surface area contributed by atoms with Crippen LogP contribution >= 0.6 is 0 Å². The third-order valence-electron chi connectivity index (χ3n) is 4.23. The SMILES string of the molecule is COC(=O)c1cc(-c2noc(COC3CCN(C)CC3)n2)cn1C. The molecule has 0 atom stereocenters. The molecule has 1 aliphatic heterocycles. The monoisotopic (exact) mass is 334 g/mol. The Morgan fingerprint density at radius 3 is 2.83 bits per heavy atom. The highest BCUT2D eigenvalue weighted by molar-refractivity contribution is 5.89. The summed E-state index contributed by atoms with van der Waals surface area (Å²) in [7, 11) is 5.23.